The van der Waals surface area contributed by atoms with E-state index in [1.54, 1.807) is 0 Å². The van der Waals surface area contributed by atoms with Crippen molar-refractivity contribution in [1.29, 1.82) is 0 Å². The molecule has 0 aromatic rings. The van der Waals surface area contributed by atoms with E-state index < -0.39 is 6.04 Å². The average molecular weight is 188 g/mol. The van der Waals surface area contributed by atoms with Gasteiger partial charge in [-0.1, -0.05) is 0 Å². The third-order valence-corrected chi connectivity index (χ3v) is 1.38. The first-order valence-corrected chi connectivity index (χ1v) is 4.54. The second kappa shape index (κ2) is 5.19. The highest BCUT2D eigenvalue weighted by atomic mass is 16.5. The third-order valence-electron chi connectivity index (χ3n) is 1.38. The van der Waals surface area contributed by atoms with Crippen LogP contribution in [0.2, 0.25) is 0 Å². The first-order chi connectivity index (χ1) is 5.87. The van der Waals surface area contributed by atoms with Crippen LogP contribution in [0.4, 0.5) is 0 Å². The SMILES string of the molecule is CCNC(=O)C(N)COC(C)(C)C. The number of amides is 1. The molecule has 0 bridgehead atoms. The smallest absolute Gasteiger partial charge is 0.239 e. The van der Waals surface area contributed by atoms with Gasteiger partial charge in [-0.15, -0.1) is 0 Å². The van der Waals surface area contributed by atoms with E-state index in [0.29, 0.717) is 6.54 Å². The summed E-state index contributed by atoms with van der Waals surface area (Å²) < 4.78 is 5.37. The van der Waals surface area contributed by atoms with Crippen LogP contribution in [-0.2, 0) is 9.53 Å². The van der Waals surface area contributed by atoms with Gasteiger partial charge in [-0.25, -0.2) is 0 Å². The second-order valence-corrected chi connectivity index (χ2v) is 3.92. The molecule has 1 amide bonds. The zero-order valence-electron chi connectivity index (χ0n) is 8.89. The lowest BCUT2D eigenvalue weighted by molar-refractivity contribution is -0.125. The van der Waals surface area contributed by atoms with Crippen molar-refractivity contribution in [2.24, 2.45) is 5.73 Å². The van der Waals surface area contributed by atoms with Crippen LogP contribution >= 0.6 is 0 Å². The number of hydrogen-bond acceptors (Lipinski definition) is 3. The van der Waals surface area contributed by atoms with Crippen LogP contribution in [0.25, 0.3) is 0 Å². The first-order valence-electron chi connectivity index (χ1n) is 4.54. The summed E-state index contributed by atoms with van der Waals surface area (Å²) in [4.78, 5) is 11.1. The Morgan fingerprint density at radius 3 is 2.46 bits per heavy atom. The van der Waals surface area contributed by atoms with E-state index in [1.807, 2.05) is 27.7 Å². The summed E-state index contributed by atoms with van der Waals surface area (Å²) in [6.07, 6.45) is 0. The van der Waals surface area contributed by atoms with Gasteiger partial charge >= 0.3 is 0 Å². The third kappa shape index (κ3) is 6.54. The van der Waals surface area contributed by atoms with Gasteiger partial charge in [-0.2, -0.15) is 0 Å². The number of nitrogens with one attached hydrogen (secondary N) is 1. The molecule has 0 radical (unpaired) electrons. The summed E-state index contributed by atoms with van der Waals surface area (Å²) in [5.41, 5.74) is 5.33. The molecule has 13 heavy (non-hydrogen) atoms. The molecule has 1 unspecified atom stereocenters. The first kappa shape index (κ1) is 12.4. The van der Waals surface area contributed by atoms with Gasteiger partial charge in [0.25, 0.3) is 0 Å². The monoisotopic (exact) mass is 188 g/mol. The molecule has 3 N–H and O–H groups in total. The Morgan fingerprint density at radius 1 is 1.54 bits per heavy atom. The van der Waals surface area contributed by atoms with E-state index in [9.17, 15) is 4.79 Å². The molecule has 0 rings (SSSR count). The Hall–Kier alpha value is -0.610. The van der Waals surface area contributed by atoms with E-state index in [2.05, 4.69) is 5.32 Å². The second-order valence-electron chi connectivity index (χ2n) is 3.92. The summed E-state index contributed by atoms with van der Waals surface area (Å²) in [7, 11) is 0. The van der Waals surface area contributed by atoms with Crippen molar-refractivity contribution >= 4 is 5.91 Å². The van der Waals surface area contributed by atoms with Gasteiger partial charge in [0.05, 0.1) is 12.2 Å². The van der Waals surface area contributed by atoms with E-state index in [0.717, 1.165) is 0 Å². The van der Waals surface area contributed by atoms with Crippen molar-refractivity contribution < 1.29 is 9.53 Å². The van der Waals surface area contributed by atoms with Crippen molar-refractivity contribution in [1.82, 2.24) is 5.32 Å². The standard InChI is InChI=1S/C9H20N2O2/c1-5-11-8(12)7(10)6-13-9(2,3)4/h7H,5-6,10H2,1-4H3,(H,11,12). The molecule has 0 saturated carbocycles. The maximum atomic E-state index is 11.1. The normalized spacial score (nSPS) is 13.9. The Morgan fingerprint density at radius 2 is 2.08 bits per heavy atom. The molecule has 0 aliphatic rings. The van der Waals surface area contributed by atoms with Gasteiger partial charge < -0.3 is 15.8 Å². The lowest BCUT2D eigenvalue weighted by Gasteiger charge is -2.21. The van der Waals surface area contributed by atoms with Gasteiger partial charge in [-0.05, 0) is 27.7 Å². The lowest BCUT2D eigenvalue weighted by atomic mass is 10.2. The fourth-order valence-electron chi connectivity index (χ4n) is 0.721. The van der Waals surface area contributed by atoms with Crippen molar-refractivity contribution in [3.63, 3.8) is 0 Å². The van der Waals surface area contributed by atoms with E-state index in [4.69, 9.17) is 10.5 Å². The van der Waals surface area contributed by atoms with Crippen LogP contribution in [-0.4, -0.2) is 30.7 Å². The van der Waals surface area contributed by atoms with Gasteiger partial charge in [0.2, 0.25) is 5.91 Å². The predicted octanol–water partition coefficient (Wildman–Crippen LogP) is 0.265. The zero-order chi connectivity index (χ0) is 10.5. The average Bonchev–Trinajstić information content (AvgIpc) is 1.99. The molecule has 4 nitrogen and oxygen atoms in total. The Kier molecular flexibility index (Phi) is 4.95. The molecule has 0 saturated heterocycles. The summed E-state index contributed by atoms with van der Waals surface area (Å²) >= 11 is 0. The minimum Gasteiger partial charge on any atom is -0.374 e. The summed E-state index contributed by atoms with van der Waals surface area (Å²) in [6.45, 7) is 8.50. The number of nitrogens with two attached hydrogens (primary N) is 1. The molecular formula is C9H20N2O2. The molecule has 0 aliphatic heterocycles. The minimum atomic E-state index is -0.570. The van der Waals surface area contributed by atoms with Gasteiger partial charge in [0.15, 0.2) is 0 Å². The Labute approximate surface area is 79.8 Å². The van der Waals surface area contributed by atoms with Crippen molar-refractivity contribution in [3.05, 3.63) is 0 Å². The Balaban J connectivity index is 3.74. The summed E-state index contributed by atoms with van der Waals surface area (Å²) in [5, 5.41) is 2.64. The molecule has 0 aromatic heterocycles. The quantitative estimate of drug-likeness (QED) is 0.665. The molecule has 0 fully saturated rings. The minimum absolute atomic E-state index is 0.160. The molecule has 1 atom stereocenters. The maximum absolute atomic E-state index is 11.1. The van der Waals surface area contributed by atoms with Crippen LogP contribution in [0, 0.1) is 0 Å². The van der Waals surface area contributed by atoms with E-state index in [1.165, 1.54) is 0 Å². The predicted molar refractivity (Wildman–Crippen MR) is 52.4 cm³/mol. The summed E-state index contributed by atoms with van der Waals surface area (Å²) in [6, 6.07) is -0.570. The molecular weight excluding hydrogens is 168 g/mol. The maximum Gasteiger partial charge on any atom is 0.239 e. The molecule has 4 heteroatoms. The molecule has 0 aromatic carbocycles. The highest BCUT2D eigenvalue weighted by molar-refractivity contribution is 5.81. The van der Waals surface area contributed by atoms with Crippen LogP contribution in [0.15, 0.2) is 0 Å². The van der Waals surface area contributed by atoms with E-state index in [-0.39, 0.29) is 18.1 Å². The number of ether oxygens (including phenoxy) is 1. The number of hydrogen-bond donors (Lipinski definition) is 2. The zero-order valence-corrected chi connectivity index (χ0v) is 8.89. The lowest BCUT2D eigenvalue weighted by Crippen LogP contribution is -2.44. The number of carbonyl (C=O) groups is 1. The fraction of sp³-hybridized carbons (Fsp3) is 0.889. The van der Waals surface area contributed by atoms with Gasteiger partial charge in [0.1, 0.15) is 6.04 Å². The van der Waals surface area contributed by atoms with Gasteiger partial charge in [0, 0.05) is 6.54 Å². The fourth-order valence-corrected chi connectivity index (χ4v) is 0.721. The highest BCUT2D eigenvalue weighted by Crippen LogP contribution is 2.06. The van der Waals surface area contributed by atoms with Crippen molar-refractivity contribution in [2.75, 3.05) is 13.2 Å². The van der Waals surface area contributed by atoms with Crippen molar-refractivity contribution in [3.8, 4) is 0 Å². The highest BCUT2D eigenvalue weighted by Gasteiger charge is 2.17. The number of likely N-dealkylation sites (N-methyl/N-ethyl adjacent to an activating group) is 1. The Bertz CT molecular complexity index is 163. The van der Waals surface area contributed by atoms with Crippen LogP contribution < -0.4 is 11.1 Å². The van der Waals surface area contributed by atoms with Crippen LogP contribution in [0.3, 0.4) is 0 Å². The largest absolute Gasteiger partial charge is 0.374 e. The summed E-state index contributed by atoms with van der Waals surface area (Å²) in [5.74, 6) is -0.160. The van der Waals surface area contributed by atoms with E-state index >= 15 is 0 Å². The molecule has 0 heterocycles. The van der Waals surface area contributed by atoms with Gasteiger partial charge in [-0.3, -0.25) is 4.79 Å². The number of carbonyl (C=O) groups excluding carboxylic acids is 1. The van der Waals surface area contributed by atoms with Crippen LogP contribution in [0.5, 0.6) is 0 Å². The molecule has 0 aliphatic carbocycles. The molecule has 0 spiro atoms. The number of rotatable bonds is 4. The van der Waals surface area contributed by atoms with Crippen molar-refractivity contribution in [2.45, 2.75) is 39.3 Å². The topological polar surface area (TPSA) is 64.4 Å². The molecule has 78 valence electrons. The van der Waals surface area contributed by atoms with Crippen LogP contribution in [0.1, 0.15) is 27.7 Å².